The van der Waals surface area contributed by atoms with Gasteiger partial charge in [-0.05, 0) is 49.7 Å². The van der Waals surface area contributed by atoms with E-state index in [0.717, 1.165) is 11.1 Å². The molecule has 31 heavy (non-hydrogen) atoms. The van der Waals surface area contributed by atoms with Gasteiger partial charge in [0.2, 0.25) is 17.8 Å². The van der Waals surface area contributed by atoms with Crippen molar-refractivity contribution in [1.29, 1.82) is 0 Å². The minimum absolute atomic E-state index is 0.0189. The number of hydrogen-bond donors (Lipinski definition) is 4. The maximum atomic E-state index is 13.1. The smallest absolute Gasteiger partial charge is 0.258 e. The Morgan fingerprint density at radius 3 is 2.58 bits per heavy atom. The summed E-state index contributed by atoms with van der Waals surface area (Å²) < 4.78 is 13.1. The molecule has 0 saturated carbocycles. The van der Waals surface area contributed by atoms with Gasteiger partial charge in [0.1, 0.15) is 11.6 Å². The number of nitrogens with zero attached hydrogens (tertiary/aromatic N) is 1. The minimum Gasteiger partial charge on any atom is -0.326 e. The van der Waals surface area contributed by atoms with Gasteiger partial charge in [-0.1, -0.05) is 17.7 Å². The molecule has 1 aliphatic heterocycles. The van der Waals surface area contributed by atoms with Crippen LogP contribution in [0.1, 0.15) is 29.0 Å². The second kappa shape index (κ2) is 8.02. The first-order valence-corrected chi connectivity index (χ1v) is 9.65. The van der Waals surface area contributed by atoms with E-state index >= 15 is 0 Å². The van der Waals surface area contributed by atoms with Crippen molar-refractivity contribution in [2.75, 3.05) is 16.0 Å². The second-order valence-electron chi connectivity index (χ2n) is 7.42. The lowest BCUT2D eigenvalue weighted by Gasteiger charge is -2.24. The molecule has 4 N–H and O–H groups in total. The summed E-state index contributed by atoms with van der Waals surface area (Å²) in [5, 5.41) is 8.21. The first kappa shape index (κ1) is 20.3. The van der Waals surface area contributed by atoms with E-state index in [1.165, 1.54) is 24.3 Å². The Balaban J connectivity index is 1.64. The van der Waals surface area contributed by atoms with Crippen LogP contribution in [0, 0.1) is 19.7 Å². The van der Waals surface area contributed by atoms with Crippen molar-refractivity contribution in [2.24, 2.45) is 0 Å². The van der Waals surface area contributed by atoms with E-state index in [1.54, 1.807) is 6.07 Å². The Kier molecular flexibility index (Phi) is 5.24. The Morgan fingerprint density at radius 1 is 1.13 bits per heavy atom. The zero-order chi connectivity index (χ0) is 22.1. The number of carbonyl (C=O) groups is 2. The van der Waals surface area contributed by atoms with Gasteiger partial charge in [-0.3, -0.25) is 19.4 Å². The van der Waals surface area contributed by atoms with E-state index in [4.69, 9.17) is 0 Å². The van der Waals surface area contributed by atoms with Crippen molar-refractivity contribution in [1.82, 2.24) is 9.97 Å². The number of rotatable bonds is 4. The summed E-state index contributed by atoms with van der Waals surface area (Å²) in [6.07, 6.45) is -0.167. The molecule has 1 aromatic heterocycles. The Labute approximate surface area is 176 Å². The SMILES string of the molecule is Cc1ccc(NC(=O)C2CC(=O)Nc3nc(Nc4ccc(F)cc4)[nH]c(=O)c32)c(C)c1. The standard InChI is InChI=1S/C22H20FN5O3/c1-11-3-8-16(12(2)9-11)25-20(30)15-10-17(29)26-19-18(15)21(31)28-22(27-19)24-14-6-4-13(23)5-7-14/h3-9,15H,10H2,1-2H3,(H,25,30)(H3,24,26,27,28,29,31). The predicted octanol–water partition coefficient (Wildman–Crippen LogP) is 3.33. The van der Waals surface area contributed by atoms with Gasteiger partial charge in [0.15, 0.2) is 0 Å². The van der Waals surface area contributed by atoms with Gasteiger partial charge in [0.05, 0.1) is 11.5 Å². The van der Waals surface area contributed by atoms with E-state index in [2.05, 4.69) is 25.9 Å². The summed E-state index contributed by atoms with van der Waals surface area (Å²) in [6, 6.07) is 11.1. The molecule has 1 aliphatic rings. The average molecular weight is 421 g/mol. The zero-order valence-electron chi connectivity index (χ0n) is 16.9. The quantitative estimate of drug-likeness (QED) is 0.516. The second-order valence-corrected chi connectivity index (χ2v) is 7.42. The summed E-state index contributed by atoms with van der Waals surface area (Å²) in [7, 11) is 0. The molecule has 2 amide bonds. The van der Waals surface area contributed by atoms with Crippen molar-refractivity contribution < 1.29 is 14.0 Å². The topological polar surface area (TPSA) is 116 Å². The summed E-state index contributed by atoms with van der Waals surface area (Å²) in [5.74, 6) is -2.19. The monoisotopic (exact) mass is 421 g/mol. The van der Waals surface area contributed by atoms with E-state index < -0.39 is 29.1 Å². The van der Waals surface area contributed by atoms with Crippen LogP contribution >= 0.6 is 0 Å². The predicted molar refractivity (Wildman–Crippen MR) is 115 cm³/mol. The Bertz CT molecular complexity index is 1240. The lowest BCUT2D eigenvalue weighted by Crippen LogP contribution is -2.36. The van der Waals surface area contributed by atoms with Gasteiger partial charge >= 0.3 is 0 Å². The van der Waals surface area contributed by atoms with Crippen LogP contribution in [0.4, 0.5) is 27.5 Å². The van der Waals surface area contributed by atoms with E-state index in [0.29, 0.717) is 11.4 Å². The zero-order valence-corrected chi connectivity index (χ0v) is 16.9. The number of anilines is 4. The lowest BCUT2D eigenvalue weighted by atomic mass is 9.92. The lowest BCUT2D eigenvalue weighted by molar-refractivity contribution is -0.123. The van der Waals surface area contributed by atoms with Crippen LogP contribution in [0.15, 0.2) is 47.3 Å². The summed E-state index contributed by atoms with van der Waals surface area (Å²) in [6.45, 7) is 3.81. The largest absolute Gasteiger partial charge is 0.326 e. The van der Waals surface area contributed by atoms with Crippen LogP contribution in [0.5, 0.6) is 0 Å². The third-order valence-electron chi connectivity index (χ3n) is 5.01. The number of carbonyl (C=O) groups excluding carboxylic acids is 2. The maximum Gasteiger partial charge on any atom is 0.258 e. The van der Waals surface area contributed by atoms with Crippen molar-refractivity contribution >= 4 is 35.0 Å². The van der Waals surface area contributed by atoms with Crippen molar-refractivity contribution in [3.05, 3.63) is 75.3 Å². The molecule has 9 heteroatoms. The highest BCUT2D eigenvalue weighted by molar-refractivity contribution is 6.04. The van der Waals surface area contributed by atoms with Crippen LogP contribution in [0.3, 0.4) is 0 Å². The van der Waals surface area contributed by atoms with Gasteiger partial charge in [0, 0.05) is 17.8 Å². The molecule has 0 radical (unpaired) electrons. The number of hydrogen-bond acceptors (Lipinski definition) is 5. The molecular formula is C22H20FN5O3. The number of halogens is 1. The fourth-order valence-electron chi connectivity index (χ4n) is 3.50. The molecule has 3 aromatic rings. The Morgan fingerprint density at radius 2 is 1.87 bits per heavy atom. The van der Waals surface area contributed by atoms with E-state index in [-0.39, 0.29) is 23.8 Å². The number of aryl methyl sites for hydroxylation is 2. The summed E-state index contributed by atoms with van der Waals surface area (Å²) >= 11 is 0. The highest BCUT2D eigenvalue weighted by atomic mass is 19.1. The van der Waals surface area contributed by atoms with Crippen molar-refractivity contribution in [3.8, 4) is 0 Å². The fourth-order valence-corrected chi connectivity index (χ4v) is 3.50. The first-order chi connectivity index (χ1) is 14.8. The van der Waals surface area contributed by atoms with E-state index in [9.17, 15) is 18.8 Å². The summed E-state index contributed by atoms with van der Waals surface area (Å²) in [4.78, 5) is 44.8. The van der Waals surface area contributed by atoms with E-state index in [1.807, 2.05) is 26.0 Å². The maximum absolute atomic E-state index is 13.1. The minimum atomic E-state index is -0.986. The van der Waals surface area contributed by atoms with Crippen LogP contribution in [-0.2, 0) is 9.59 Å². The number of fused-ring (bicyclic) bond motifs is 1. The Hall–Kier alpha value is -4.01. The molecule has 2 aromatic carbocycles. The van der Waals surface area contributed by atoms with Crippen molar-refractivity contribution in [3.63, 3.8) is 0 Å². The van der Waals surface area contributed by atoms with Crippen LogP contribution in [0.2, 0.25) is 0 Å². The molecule has 0 spiro atoms. The fraction of sp³-hybridized carbons (Fsp3) is 0.182. The molecule has 0 fully saturated rings. The molecular weight excluding hydrogens is 401 g/mol. The van der Waals surface area contributed by atoms with Gasteiger partial charge in [-0.2, -0.15) is 4.98 Å². The van der Waals surface area contributed by atoms with Crippen LogP contribution < -0.4 is 21.5 Å². The molecule has 4 rings (SSSR count). The highest BCUT2D eigenvalue weighted by Crippen LogP contribution is 2.30. The number of aromatic nitrogens is 2. The van der Waals surface area contributed by atoms with Gasteiger partial charge in [-0.15, -0.1) is 0 Å². The molecule has 0 aliphatic carbocycles. The number of aromatic amines is 1. The molecule has 0 saturated heterocycles. The molecule has 8 nitrogen and oxygen atoms in total. The number of benzene rings is 2. The molecule has 1 atom stereocenters. The molecule has 2 heterocycles. The highest BCUT2D eigenvalue weighted by Gasteiger charge is 2.35. The average Bonchev–Trinajstić information content (AvgIpc) is 2.71. The van der Waals surface area contributed by atoms with Crippen molar-refractivity contribution in [2.45, 2.75) is 26.2 Å². The molecule has 0 bridgehead atoms. The summed E-state index contributed by atoms with van der Waals surface area (Å²) in [5.41, 5.74) is 2.58. The van der Waals surface area contributed by atoms with Gasteiger partial charge < -0.3 is 16.0 Å². The molecule has 1 unspecified atom stereocenters. The van der Waals surface area contributed by atoms with Gasteiger partial charge in [-0.25, -0.2) is 4.39 Å². The van der Waals surface area contributed by atoms with Crippen LogP contribution in [0.25, 0.3) is 0 Å². The number of H-pyrrole nitrogens is 1. The van der Waals surface area contributed by atoms with Crippen LogP contribution in [-0.4, -0.2) is 21.8 Å². The first-order valence-electron chi connectivity index (χ1n) is 9.65. The number of nitrogens with one attached hydrogen (secondary N) is 4. The third kappa shape index (κ3) is 4.30. The number of amides is 2. The normalized spacial score (nSPS) is 15.1. The van der Waals surface area contributed by atoms with Gasteiger partial charge in [0.25, 0.3) is 5.56 Å². The third-order valence-corrected chi connectivity index (χ3v) is 5.01. The molecule has 158 valence electrons.